The molecular formula is C88H214N14O26S4. The zero-order chi connectivity index (χ0) is 109. The van der Waals surface area contributed by atoms with Crippen LogP contribution in [0.25, 0.3) is 0 Å². The van der Waals surface area contributed by atoms with Crippen LogP contribution in [0, 0.1) is 0 Å². The molecule has 0 aliphatic heterocycles. The van der Waals surface area contributed by atoms with Crippen molar-refractivity contribution in [3.63, 3.8) is 0 Å². The number of sulfonamides is 4. The molecule has 0 bridgehead atoms. The summed E-state index contributed by atoms with van der Waals surface area (Å²) in [6.07, 6.45) is 17.1. The normalized spacial score (nSPS) is 9.14. The summed E-state index contributed by atoms with van der Waals surface area (Å²) in [5.41, 5.74) is 0. The molecule has 132 heavy (non-hydrogen) atoms. The van der Waals surface area contributed by atoms with E-state index in [-0.39, 0.29) is 64.7 Å². The number of unbranched alkanes of at least 4 members (excludes halogenated alkanes) is 2. The summed E-state index contributed by atoms with van der Waals surface area (Å²) in [4.78, 5) is 90.4. The number of imide groups is 2. The molecule has 0 aromatic carbocycles. The number of ether oxygens (including phenoxy) is 9. The fraction of sp³-hybridized carbons (Fsp3) is 0.898. The number of hydrogen-bond acceptors (Lipinski definition) is 30. The number of carbonyl (C=O) groups excluding carboxylic acids is 9. The van der Waals surface area contributed by atoms with E-state index in [1.54, 1.807) is 84.4 Å². The number of nitrogens with one attached hydrogen (secondary N) is 14. The molecule has 44 heteroatoms. The fourth-order valence-electron chi connectivity index (χ4n) is 5.36. The molecule has 0 aliphatic rings. The molecule has 0 saturated heterocycles. The Balaban J connectivity index is -0.0000000517. The Kier molecular flexibility index (Phi) is 238. The molecule has 0 spiro atoms. The second-order valence-electron chi connectivity index (χ2n) is 25.1. The lowest BCUT2D eigenvalue weighted by Gasteiger charge is -1.95. The highest BCUT2D eigenvalue weighted by molar-refractivity contribution is 7.89. The quantitative estimate of drug-likeness (QED) is 0.0153. The van der Waals surface area contributed by atoms with Gasteiger partial charge in [-0.15, -0.1) is 0 Å². The number of esters is 1. The van der Waals surface area contributed by atoms with Gasteiger partial charge in [0.1, 0.15) is 6.79 Å². The first-order chi connectivity index (χ1) is 61.7. The highest BCUT2D eigenvalue weighted by atomic mass is 32.2. The van der Waals surface area contributed by atoms with E-state index in [1.165, 1.54) is 94.2 Å². The minimum absolute atomic E-state index is 0.0394. The van der Waals surface area contributed by atoms with Gasteiger partial charge in [-0.25, -0.2) is 52.6 Å². The largest absolute Gasteiger partial charge is 0.466 e. The van der Waals surface area contributed by atoms with E-state index in [0.29, 0.717) is 65.4 Å². The van der Waals surface area contributed by atoms with E-state index in [4.69, 9.17) is 18.9 Å². The standard InChI is InChI=1S/C5H9NO2.2C5H11NO.2C5H13N.2C5H12O.2C4H11NO2S.C4H7NO2.2C4H9NO.2C4H11N.C4H10O2.C4H8O2.2C4H10O.2C3H9NO2S.C3H8O2/c1-3-5(8)6-4(2)7;1-3-4-5(7)6-2;1-3-4-6-5(2)7;1-3-4-5-6-2;1-3-5-6-4-2;1-3-4-5-6-2;1-3-5-6-4-2;1-3-4-5-8(2,6)7;1-3-4-8(6,7)5-2;1-3(6)5-4(2)7;1-3-4(6)5-2;1-3-5-4(2)6;1-3-4-5-2;1-3-5-4-2;1-5-3-4-6-2;1-3-6-4(2)5;1-3-4-5-2;1-3-5-4-2;1-3-4-7(2,5)6;1-3-7(5,6)4-2;1-4-3-5-2/h3H2,1-2H3,(H,6,7,8);2*3-4H2,1-2H3,(H,6,7);2*6H,3-5H2,1-2H3;2*3-5H2,1-2H3;2*5H,3-4H2,1-2H3;1-2H3,(H,5,6,7);2*3H2,1-2H3,(H,5,6);2*5H,3-4H2,1-2H3;3-4H2,1-2H3;3H2,1-2H3;2*3-4H2,1-2H3;2*4H,3H2,1-2H3;3H2,1-2H3. The minimum Gasteiger partial charge on any atom is -0.466 e. The molecule has 14 N–H and O–H groups in total. The zero-order valence-corrected chi connectivity index (χ0v) is 95.2. The van der Waals surface area contributed by atoms with Gasteiger partial charge < -0.3 is 85.2 Å². The van der Waals surface area contributed by atoms with E-state index in [2.05, 4.69) is 153 Å². The van der Waals surface area contributed by atoms with Crippen LogP contribution < -0.4 is 72.1 Å². The second-order valence-corrected chi connectivity index (χ2v) is 33.0. The third-order valence-corrected chi connectivity index (χ3v) is 16.0. The Morgan fingerprint density at radius 2 is 0.689 bits per heavy atom. The number of carbonyl (C=O) groups is 9. The topological polar surface area (TPSA) is 542 Å². The van der Waals surface area contributed by atoms with Crippen molar-refractivity contribution in [3.05, 3.63) is 0 Å². The van der Waals surface area contributed by atoms with Gasteiger partial charge >= 0.3 is 5.97 Å². The van der Waals surface area contributed by atoms with Crippen LogP contribution in [-0.2, 0) is 126 Å². The van der Waals surface area contributed by atoms with Crippen molar-refractivity contribution in [2.75, 3.05) is 241 Å². The van der Waals surface area contributed by atoms with Crippen molar-refractivity contribution >= 4 is 93.3 Å². The van der Waals surface area contributed by atoms with Crippen LogP contribution in [0.15, 0.2) is 0 Å². The van der Waals surface area contributed by atoms with Crippen LogP contribution in [0.2, 0.25) is 0 Å². The molecule has 0 aromatic rings. The molecule has 0 aromatic heterocycles. The van der Waals surface area contributed by atoms with E-state index in [1.807, 2.05) is 81.7 Å². The first-order valence-electron chi connectivity index (χ1n) is 45.9. The second kappa shape index (κ2) is 175. The lowest BCUT2D eigenvalue weighted by atomic mass is 10.3. The first kappa shape index (κ1) is 179. The highest BCUT2D eigenvalue weighted by Crippen LogP contribution is 1.86. The summed E-state index contributed by atoms with van der Waals surface area (Å²) in [6, 6.07) is 0. The molecule has 8 amide bonds. The maximum absolute atomic E-state index is 10.5. The highest BCUT2D eigenvalue weighted by Gasteiger charge is 2.02. The molecule has 0 heterocycles. The Hall–Kier alpha value is -5.21. The number of hydrogen-bond donors (Lipinski definition) is 14. The van der Waals surface area contributed by atoms with Crippen molar-refractivity contribution in [3.8, 4) is 0 Å². The van der Waals surface area contributed by atoms with Crippen molar-refractivity contribution < 1.29 is 119 Å². The maximum atomic E-state index is 10.5. The van der Waals surface area contributed by atoms with Gasteiger partial charge in [0.25, 0.3) is 0 Å². The Labute approximate surface area is 811 Å². The Bertz CT molecular complexity index is 2470. The first-order valence-corrected chi connectivity index (χ1v) is 52.9. The molecule has 0 atom stereocenters. The fourth-order valence-corrected chi connectivity index (χ4v) is 7.49. The molecule has 0 saturated carbocycles. The van der Waals surface area contributed by atoms with Gasteiger partial charge in [0.05, 0.1) is 43.8 Å². The predicted molar refractivity (Wildman–Crippen MR) is 553 cm³/mol. The molecule has 40 nitrogen and oxygen atoms in total. The monoisotopic (exact) mass is 2010 g/mol. The molecule has 0 aliphatic carbocycles. The predicted octanol–water partition coefficient (Wildman–Crippen LogP) is 9.36. The van der Waals surface area contributed by atoms with E-state index < -0.39 is 40.1 Å². The zero-order valence-electron chi connectivity index (χ0n) is 91.9. The average Bonchev–Trinajstić information content (AvgIpc) is 0.553. The van der Waals surface area contributed by atoms with Gasteiger partial charge in [-0.2, -0.15) is 0 Å². The van der Waals surface area contributed by atoms with E-state index in [0.717, 1.165) is 137 Å². The van der Waals surface area contributed by atoms with Crippen LogP contribution in [0.5, 0.6) is 0 Å². The molecule has 0 radical (unpaired) electrons. The Morgan fingerprint density at radius 1 is 0.303 bits per heavy atom. The molecule has 816 valence electrons. The minimum atomic E-state index is -2.94. The number of rotatable bonds is 43. The van der Waals surface area contributed by atoms with Crippen LogP contribution in [0.4, 0.5) is 0 Å². The van der Waals surface area contributed by atoms with Crippen molar-refractivity contribution in [1.82, 2.24) is 72.1 Å². The van der Waals surface area contributed by atoms with Gasteiger partial charge in [0.15, 0.2) is 0 Å². The molecule has 0 fully saturated rings. The van der Waals surface area contributed by atoms with Crippen LogP contribution in [0.1, 0.15) is 290 Å². The lowest BCUT2D eigenvalue weighted by molar-refractivity contribution is -0.140. The van der Waals surface area contributed by atoms with Gasteiger partial charge in [-0.1, -0.05) is 124 Å². The summed E-state index contributed by atoms with van der Waals surface area (Å²) in [7, 11) is 8.28. The van der Waals surface area contributed by atoms with Gasteiger partial charge in [0.2, 0.25) is 87.4 Å². The summed E-state index contributed by atoms with van der Waals surface area (Å²) >= 11 is 0. The SMILES string of the molecule is CC(=O)NC(C)=O.CCC(=O)NC.CCC(=O)NC(C)=O.CCCC(=O)NC.CCCCNC.CCCCOC.CCCNC.CCCNC(C)=O.CCCNCC.CCCNS(C)(=O)=O.CCCOC.CCCOCC.CCCS(=O)(=O)NC.CCNC(C)=O.CCNCC.CCNS(C)(=O)=O.CCOC(C)=O.CCOCC.CCS(=O)(=O)NC.COCCOC.COCOC. The maximum Gasteiger partial charge on any atom is 0.302 e. The van der Waals surface area contributed by atoms with Crippen molar-refractivity contribution in [1.29, 1.82) is 0 Å². The summed E-state index contributed by atoms with van der Waals surface area (Å²) < 4.78 is 133. The van der Waals surface area contributed by atoms with Gasteiger partial charge in [-0.3, -0.25) is 53.8 Å². The van der Waals surface area contributed by atoms with Gasteiger partial charge in [0, 0.05) is 183 Å². The van der Waals surface area contributed by atoms with Crippen molar-refractivity contribution in [2.24, 2.45) is 0 Å². The van der Waals surface area contributed by atoms with Crippen LogP contribution >= 0.6 is 0 Å². The van der Waals surface area contributed by atoms with E-state index in [9.17, 15) is 76.8 Å². The smallest absolute Gasteiger partial charge is 0.302 e. The number of amides is 8. The van der Waals surface area contributed by atoms with Crippen LogP contribution in [-0.4, -0.2) is 328 Å². The third kappa shape index (κ3) is 382. The van der Waals surface area contributed by atoms with Crippen molar-refractivity contribution in [2.45, 2.75) is 290 Å². The lowest BCUT2D eigenvalue weighted by Crippen LogP contribution is -2.26. The van der Waals surface area contributed by atoms with Crippen LogP contribution in [0.3, 0.4) is 0 Å². The Morgan fingerprint density at radius 3 is 0.765 bits per heavy atom. The summed E-state index contributed by atoms with van der Waals surface area (Å²) in [6.45, 7) is 68.6. The van der Waals surface area contributed by atoms with E-state index >= 15 is 0 Å². The molecule has 0 unspecified atom stereocenters. The molecular weight excluding hydrogens is 1800 g/mol. The number of methoxy groups -OCH3 is 6. The molecule has 0 rings (SSSR count). The van der Waals surface area contributed by atoms with Gasteiger partial charge in [-0.05, 0) is 173 Å². The summed E-state index contributed by atoms with van der Waals surface area (Å²) in [5.74, 6) is -0.656. The average molecular weight is 2010 g/mol. The third-order valence-electron chi connectivity index (χ3n) is 11.5. The summed E-state index contributed by atoms with van der Waals surface area (Å²) in [5, 5.41) is 26.8.